The van der Waals surface area contributed by atoms with Crippen LogP contribution in [0.1, 0.15) is 20.9 Å². The highest BCUT2D eigenvalue weighted by molar-refractivity contribution is 7.12. The van der Waals surface area contributed by atoms with Gasteiger partial charge in [0, 0.05) is 0 Å². The number of hydrogen-bond donors (Lipinski definition) is 2. The first kappa shape index (κ1) is 9.11. The monoisotopic (exact) mass is 208 g/mol. The Labute approximate surface area is 84.2 Å². The van der Waals surface area contributed by atoms with E-state index in [-0.39, 0.29) is 12.4 Å². The number of thiophene rings is 1. The average Bonchev–Trinajstić information content (AvgIpc) is 2.87. The van der Waals surface area contributed by atoms with E-state index < -0.39 is 0 Å². The first-order valence-electron chi connectivity index (χ1n) is 4.04. The molecule has 0 saturated heterocycles. The van der Waals surface area contributed by atoms with Crippen molar-refractivity contribution in [2.24, 2.45) is 0 Å². The van der Waals surface area contributed by atoms with Crippen molar-refractivity contribution < 1.29 is 9.90 Å². The summed E-state index contributed by atoms with van der Waals surface area (Å²) in [5.41, 5.74) is 0.901. The minimum Gasteiger partial charge on any atom is -0.390 e. The molecule has 4 nitrogen and oxygen atoms in total. The zero-order valence-electron chi connectivity index (χ0n) is 7.23. The average molecular weight is 208 g/mol. The summed E-state index contributed by atoms with van der Waals surface area (Å²) in [4.78, 5) is 12.4. The largest absolute Gasteiger partial charge is 0.390 e. The Morgan fingerprint density at radius 3 is 3.14 bits per heavy atom. The predicted molar refractivity (Wildman–Crippen MR) is 52.3 cm³/mol. The molecule has 0 fully saturated rings. The smallest absolute Gasteiger partial charge is 0.206 e. The van der Waals surface area contributed by atoms with Crippen molar-refractivity contribution in [1.29, 1.82) is 0 Å². The van der Waals surface area contributed by atoms with E-state index in [9.17, 15) is 4.79 Å². The summed E-state index contributed by atoms with van der Waals surface area (Å²) in [6.07, 6.45) is 1.44. The number of hydrogen-bond acceptors (Lipinski definition) is 4. The second-order valence-corrected chi connectivity index (χ2v) is 3.67. The van der Waals surface area contributed by atoms with Gasteiger partial charge >= 0.3 is 0 Å². The SMILES string of the molecule is O=C(c1cccs1)c1cn[nH]c1CO. The molecule has 14 heavy (non-hydrogen) atoms. The molecule has 2 N–H and O–H groups in total. The third-order valence-corrected chi connectivity index (χ3v) is 2.73. The van der Waals surface area contributed by atoms with Gasteiger partial charge in [0.25, 0.3) is 0 Å². The zero-order chi connectivity index (χ0) is 9.97. The van der Waals surface area contributed by atoms with Crippen molar-refractivity contribution >= 4 is 17.1 Å². The number of nitrogens with zero attached hydrogens (tertiary/aromatic N) is 1. The van der Waals surface area contributed by atoms with Crippen molar-refractivity contribution in [2.75, 3.05) is 0 Å². The van der Waals surface area contributed by atoms with Crippen LogP contribution < -0.4 is 0 Å². The Morgan fingerprint density at radius 2 is 2.50 bits per heavy atom. The van der Waals surface area contributed by atoms with Crippen LogP contribution in [0.4, 0.5) is 0 Å². The van der Waals surface area contributed by atoms with Crippen molar-refractivity contribution in [2.45, 2.75) is 6.61 Å². The van der Waals surface area contributed by atoms with E-state index >= 15 is 0 Å². The third kappa shape index (κ3) is 1.47. The molecule has 0 aliphatic carbocycles. The number of ketones is 1. The lowest BCUT2D eigenvalue weighted by Crippen LogP contribution is -2.01. The molecule has 0 saturated carbocycles. The summed E-state index contributed by atoms with van der Waals surface area (Å²) in [7, 11) is 0. The van der Waals surface area contributed by atoms with E-state index in [1.54, 1.807) is 6.07 Å². The lowest BCUT2D eigenvalue weighted by atomic mass is 10.1. The molecular formula is C9H8N2O2S. The van der Waals surface area contributed by atoms with Gasteiger partial charge in [-0.3, -0.25) is 9.89 Å². The van der Waals surface area contributed by atoms with Crippen LogP contribution >= 0.6 is 11.3 Å². The maximum absolute atomic E-state index is 11.8. The molecule has 2 rings (SSSR count). The highest BCUT2D eigenvalue weighted by Crippen LogP contribution is 2.16. The van der Waals surface area contributed by atoms with E-state index in [4.69, 9.17) is 5.11 Å². The Kier molecular flexibility index (Phi) is 2.43. The van der Waals surface area contributed by atoms with Gasteiger partial charge in [0.1, 0.15) is 0 Å². The number of H-pyrrole nitrogens is 1. The van der Waals surface area contributed by atoms with Crippen LogP contribution in [-0.4, -0.2) is 21.1 Å². The molecule has 0 unspecified atom stereocenters. The first-order chi connectivity index (χ1) is 6.83. The van der Waals surface area contributed by atoms with Crippen LogP contribution in [0.15, 0.2) is 23.7 Å². The molecule has 0 aliphatic rings. The molecule has 0 spiro atoms. The molecular weight excluding hydrogens is 200 g/mol. The fourth-order valence-corrected chi connectivity index (χ4v) is 1.85. The quantitative estimate of drug-likeness (QED) is 0.745. The molecule has 0 aliphatic heterocycles. The maximum Gasteiger partial charge on any atom is 0.206 e. The Balaban J connectivity index is 2.36. The maximum atomic E-state index is 11.8. The molecule has 0 atom stereocenters. The predicted octanol–water partition coefficient (Wildman–Crippen LogP) is 1.19. The van der Waals surface area contributed by atoms with E-state index in [1.165, 1.54) is 17.5 Å². The van der Waals surface area contributed by atoms with Crippen LogP contribution in [0.2, 0.25) is 0 Å². The highest BCUT2D eigenvalue weighted by Gasteiger charge is 2.15. The van der Waals surface area contributed by atoms with Gasteiger partial charge in [0.2, 0.25) is 5.78 Å². The molecule has 2 heterocycles. The summed E-state index contributed by atoms with van der Waals surface area (Å²) >= 11 is 1.38. The second kappa shape index (κ2) is 3.73. The van der Waals surface area contributed by atoms with Gasteiger partial charge in [-0.1, -0.05) is 6.07 Å². The molecule has 0 bridgehead atoms. The minimum atomic E-state index is -0.202. The molecule has 5 heteroatoms. The van der Waals surface area contributed by atoms with Gasteiger partial charge in [-0.25, -0.2) is 0 Å². The fraction of sp³-hybridized carbons (Fsp3) is 0.111. The topological polar surface area (TPSA) is 66.0 Å². The van der Waals surface area contributed by atoms with E-state index in [0.717, 1.165) is 0 Å². The fourth-order valence-electron chi connectivity index (χ4n) is 1.17. The van der Waals surface area contributed by atoms with Crippen LogP contribution in [0.3, 0.4) is 0 Å². The Bertz CT molecular complexity index is 433. The second-order valence-electron chi connectivity index (χ2n) is 2.73. The van der Waals surface area contributed by atoms with Crippen molar-refractivity contribution in [3.8, 4) is 0 Å². The van der Waals surface area contributed by atoms with Crippen LogP contribution in [-0.2, 0) is 6.61 Å². The Morgan fingerprint density at radius 1 is 1.64 bits per heavy atom. The standard InChI is InChI=1S/C9H8N2O2S/c12-5-7-6(4-10-11-7)9(13)8-2-1-3-14-8/h1-4,12H,5H2,(H,10,11). The molecule has 72 valence electrons. The normalized spacial score (nSPS) is 10.4. The van der Waals surface area contributed by atoms with Crippen LogP contribution in [0.5, 0.6) is 0 Å². The van der Waals surface area contributed by atoms with Gasteiger partial charge in [0.15, 0.2) is 0 Å². The van der Waals surface area contributed by atoms with E-state index in [1.807, 2.05) is 11.4 Å². The van der Waals surface area contributed by atoms with Gasteiger partial charge < -0.3 is 5.11 Å². The number of nitrogens with one attached hydrogen (secondary N) is 1. The number of rotatable bonds is 3. The van der Waals surface area contributed by atoms with Gasteiger partial charge in [-0.15, -0.1) is 11.3 Å². The first-order valence-corrected chi connectivity index (χ1v) is 4.92. The number of carbonyl (C=O) groups is 1. The molecule has 0 aromatic carbocycles. The van der Waals surface area contributed by atoms with Gasteiger partial charge in [0.05, 0.1) is 28.9 Å². The van der Waals surface area contributed by atoms with Crippen molar-refractivity contribution in [3.05, 3.63) is 39.8 Å². The Hall–Kier alpha value is -1.46. The highest BCUT2D eigenvalue weighted by atomic mass is 32.1. The zero-order valence-corrected chi connectivity index (χ0v) is 8.04. The van der Waals surface area contributed by atoms with Crippen LogP contribution in [0.25, 0.3) is 0 Å². The lowest BCUT2D eigenvalue weighted by Gasteiger charge is -1.96. The van der Waals surface area contributed by atoms with Crippen molar-refractivity contribution in [3.63, 3.8) is 0 Å². The van der Waals surface area contributed by atoms with E-state index in [0.29, 0.717) is 16.1 Å². The van der Waals surface area contributed by atoms with Gasteiger partial charge in [-0.2, -0.15) is 5.10 Å². The number of aliphatic hydroxyl groups excluding tert-OH is 1. The molecule has 0 amide bonds. The summed E-state index contributed by atoms with van der Waals surface area (Å²) in [6, 6.07) is 3.57. The third-order valence-electron chi connectivity index (χ3n) is 1.87. The van der Waals surface area contributed by atoms with Crippen LogP contribution in [0, 0.1) is 0 Å². The number of aromatic amines is 1. The van der Waals surface area contributed by atoms with Crippen molar-refractivity contribution in [1.82, 2.24) is 10.2 Å². The summed E-state index contributed by atoms with van der Waals surface area (Å²) in [5, 5.41) is 17.1. The number of carbonyl (C=O) groups excluding carboxylic acids is 1. The summed E-state index contributed by atoms with van der Waals surface area (Å²) < 4.78 is 0. The lowest BCUT2D eigenvalue weighted by molar-refractivity contribution is 0.103. The van der Waals surface area contributed by atoms with Gasteiger partial charge in [-0.05, 0) is 11.4 Å². The molecule has 2 aromatic heterocycles. The summed E-state index contributed by atoms with van der Waals surface area (Å²) in [6.45, 7) is -0.202. The molecule has 2 aromatic rings. The summed E-state index contributed by atoms with van der Waals surface area (Å²) in [5.74, 6) is -0.0993. The minimum absolute atomic E-state index is 0.0993. The van der Waals surface area contributed by atoms with E-state index in [2.05, 4.69) is 10.2 Å². The molecule has 0 radical (unpaired) electrons. The number of aliphatic hydroxyl groups is 1. The number of aromatic nitrogens is 2.